The van der Waals surface area contributed by atoms with Gasteiger partial charge in [0, 0.05) is 5.56 Å². The normalized spacial score (nSPS) is 11.5. The molecular weight excluding hydrogens is 205 g/mol. The highest BCUT2D eigenvalue weighted by Gasteiger charge is 2.30. The Morgan fingerprint density at radius 3 is 2.47 bits per heavy atom. The highest BCUT2D eigenvalue weighted by molar-refractivity contribution is 5.77. The zero-order chi connectivity index (χ0) is 11.5. The molecule has 0 radical (unpaired) electrons. The zero-order valence-electron chi connectivity index (χ0n) is 8.27. The molecule has 0 N–H and O–H groups in total. The van der Waals surface area contributed by atoms with Crippen LogP contribution in [0.15, 0.2) is 18.2 Å². The number of benzene rings is 1. The fourth-order valence-corrected chi connectivity index (χ4v) is 1.38. The third-order valence-electron chi connectivity index (χ3n) is 2.12. The molecule has 0 aliphatic rings. The second-order valence-corrected chi connectivity index (χ2v) is 3.28. The van der Waals surface area contributed by atoms with E-state index in [4.69, 9.17) is 0 Å². The highest BCUT2D eigenvalue weighted by Crippen LogP contribution is 2.30. The monoisotopic (exact) mass is 216 g/mol. The van der Waals surface area contributed by atoms with Gasteiger partial charge >= 0.3 is 6.18 Å². The summed E-state index contributed by atoms with van der Waals surface area (Å²) in [4.78, 5) is 10.6. The third-order valence-corrected chi connectivity index (χ3v) is 2.12. The van der Waals surface area contributed by atoms with Crippen molar-refractivity contribution in [2.75, 3.05) is 0 Å². The Labute approximate surface area is 85.9 Å². The molecule has 1 nitrogen and oxygen atoms in total. The van der Waals surface area contributed by atoms with Crippen molar-refractivity contribution in [3.05, 3.63) is 34.9 Å². The van der Waals surface area contributed by atoms with Crippen LogP contribution in [0.25, 0.3) is 0 Å². The number of rotatable bonds is 3. The van der Waals surface area contributed by atoms with E-state index in [1.165, 1.54) is 6.07 Å². The van der Waals surface area contributed by atoms with E-state index in [1.807, 2.05) is 6.92 Å². The summed E-state index contributed by atoms with van der Waals surface area (Å²) in [5.41, 5.74) is 0.101. The molecule has 1 aromatic carbocycles. The van der Waals surface area contributed by atoms with Crippen LogP contribution >= 0.6 is 0 Å². The fourth-order valence-electron chi connectivity index (χ4n) is 1.38. The molecule has 0 aliphatic carbocycles. The van der Waals surface area contributed by atoms with Crippen LogP contribution in [0.1, 0.15) is 34.8 Å². The van der Waals surface area contributed by atoms with Gasteiger partial charge in [0.05, 0.1) is 5.56 Å². The molecule has 15 heavy (non-hydrogen) atoms. The number of alkyl halides is 3. The number of hydrogen-bond acceptors (Lipinski definition) is 1. The quantitative estimate of drug-likeness (QED) is 0.707. The molecule has 0 aromatic heterocycles. The molecule has 1 aromatic rings. The van der Waals surface area contributed by atoms with E-state index in [2.05, 4.69) is 0 Å². The van der Waals surface area contributed by atoms with E-state index in [1.54, 1.807) is 0 Å². The molecule has 0 aliphatic heterocycles. The highest BCUT2D eigenvalue weighted by atomic mass is 19.4. The lowest BCUT2D eigenvalue weighted by atomic mass is 10.0. The zero-order valence-corrected chi connectivity index (χ0v) is 8.27. The average Bonchev–Trinajstić information content (AvgIpc) is 2.17. The largest absolute Gasteiger partial charge is 0.416 e. The summed E-state index contributed by atoms with van der Waals surface area (Å²) in [6.45, 7) is 1.86. The third kappa shape index (κ3) is 2.81. The van der Waals surface area contributed by atoms with Gasteiger partial charge in [-0.15, -0.1) is 0 Å². The predicted molar refractivity (Wildman–Crippen MR) is 50.8 cm³/mol. The Bertz CT molecular complexity index is 355. The first-order chi connectivity index (χ1) is 6.99. The van der Waals surface area contributed by atoms with Crippen LogP contribution in [0.4, 0.5) is 13.2 Å². The predicted octanol–water partition coefficient (Wildman–Crippen LogP) is 3.47. The van der Waals surface area contributed by atoms with E-state index < -0.39 is 11.7 Å². The van der Waals surface area contributed by atoms with Gasteiger partial charge in [0.2, 0.25) is 0 Å². The van der Waals surface area contributed by atoms with Crippen LogP contribution in [-0.4, -0.2) is 6.29 Å². The fraction of sp³-hybridized carbons (Fsp3) is 0.364. The minimum atomic E-state index is -4.34. The van der Waals surface area contributed by atoms with Crippen molar-refractivity contribution in [1.29, 1.82) is 0 Å². The lowest BCUT2D eigenvalue weighted by Crippen LogP contribution is -2.06. The van der Waals surface area contributed by atoms with Crippen molar-refractivity contribution in [3.63, 3.8) is 0 Å². The average molecular weight is 216 g/mol. The van der Waals surface area contributed by atoms with Crippen molar-refractivity contribution < 1.29 is 18.0 Å². The Balaban J connectivity index is 3.15. The smallest absolute Gasteiger partial charge is 0.298 e. The molecule has 0 spiro atoms. The summed E-state index contributed by atoms with van der Waals surface area (Å²) in [7, 11) is 0. The Kier molecular flexibility index (Phi) is 3.50. The summed E-state index contributed by atoms with van der Waals surface area (Å²) < 4.78 is 37.1. The topological polar surface area (TPSA) is 17.1 Å². The van der Waals surface area contributed by atoms with Gasteiger partial charge < -0.3 is 0 Å². The summed E-state index contributed by atoms with van der Waals surface area (Å²) >= 11 is 0. The number of carbonyl (C=O) groups is 1. The molecule has 82 valence electrons. The maximum atomic E-state index is 12.4. The van der Waals surface area contributed by atoms with Crippen molar-refractivity contribution in [1.82, 2.24) is 0 Å². The van der Waals surface area contributed by atoms with Gasteiger partial charge in [-0.3, -0.25) is 4.79 Å². The van der Waals surface area contributed by atoms with Gasteiger partial charge in [-0.2, -0.15) is 13.2 Å². The van der Waals surface area contributed by atoms with E-state index in [-0.39, 0.29) is 0 Å². The van der Waals surface area contributed by atoms with E-state index in [0.717, 1.165) is 12.1 Å². The lowest BCUT2D eigenvalue weighted by molar-refractivity contribution is -0.137. The van der Waals surface area contributed by atoms with Crippen LogP contribution < -0.4 is 0 Å². The Morgan fingerprint density at radius 1 is 1.33 bits per heavy atom. The van der Waals surface area contributed by atoms with Crippen molar-refractivity contribution in [3.8, 4) is 0 Å². The molecule has 0 amide bonds. The van der Waals surface area contributed by atoms with Crippen LogP contribution in [0.2, 0.25) is 0 Å². The van der Waals surface area contributed by atoms with E-state index in [0.29, 0.717) is 30.3 Å². The minimum Gasteiger partial charge on any atom is -0.298 e. The molecular formula is C11H11F3O. The number of aryl methyl sites for hydroxylation is 1. The maximum Gasteiger partial charge on any atom is 0.416 e. The molecule has 0 atom stereocenters. The molecule has 0 fully saturated rings. The first-order valence-electron chi connectivity index (χ1n) is 4.64. The van der Waals surface area contributed by atoms with Crippen molar-refractivity contribution in [2.24, 2.45) is 0 Å². The first-order valence-corrected chi connectivity index (χ1v) is 4.64. The van der Waals surface area contributed by atoms with Crippen molar-refractivity contribution >= 4 is 6.29 Å². The maximum absolute atomic E-state index is 12.4. The second-order valence-electron chi connectivity index (χ2n) is 3.28. The number of aldehydes is 1. The lowest BCUT2D eigenvalue weighted by Gasteiger charge is -2.10. The van der Waals surface area contributed by atoms with Crippen LogP contribution in [0, 0.1) is 0 Å². The molecule has 0 bridgehead atoms. The molecule has 4 heteroatoms. The molecule has 0 unspecified atom stereocenters. The van der Waals surface area contributed by atoms with Crippen molar-refractivity contribution in [2.45, 2.75) is 25.9 Å². The van der Waals surface area contributed by atoms with Gasteiger partial charge in [0.25, 0.3) is 0 Å². The molecule has 0 saturated carbocycles. The molecule has 0 heterocycles. The van der Waals surface area contributed by atoms with E-state index >= 15 is 0 Å². The van der Waals surface area contributed by atoms with E-state index in [9.17, 15) is 18.0 Å². The number of carbonyl (C=O) groups excluding carboxylic acids is 1. The number of hydrogen-bond donors (Lipinski definition) is 0. The number of halogens is 3. The van der Waals surface area contributed by atoms with Crippen LogP contribution in [0.5, 0.6) is 0 Å². The van der Waals surface area contributed by atoms with Crippen LogP contribution in [0.3, 0.4) is 0 Å². The summed E-state index contributed by atoms with van der Waals surface area (Å²) in [5, 5.41) is 0. The standard InChI is InChI=1S/C11H11F3O/c1-2-3-8-6-10(11(12,13)14)5-4-9(8)7-15/h4-7H,2-3H2,1H3. The minimum absolute atomic E-state index is 0.338. The van der Waals surface area contributed by atoms with Gasteiger partial charge in [-0.25, -0.2) is 0 Å². The summed E-state index contributed by atoms with van der Waals surface area (Å²) in [6.07, 6.45) is -2.56. The SMILES string of the molecule is CCCc1cc(C(F)(F)F)ccc1C=O. The molecule has 1 rings (SSSR count). The second kappa shape index (κ2) is 4.47. The van der Waals surface area contributed by atoms with Gasteiger partial charge in [-0.1, -0.05) is 19.4 Å². The summed E-state index contributed by atoms with van der Waals surface area (Å²) in [6, 6.07) is 3.21. The Hall–Kier alpha value is -1.32. The first kappa shape index (κ1) is 11.8. The molecule has 0 saturated heterocycles. The summed E-state index contributed by atoms with van der Waals surface area (Å²) in [5.74, 6) is 0. The Morgan fingerprint density at radius 2 is 2.00 bits per heavy atom. The van der Waals surface area contributed by atoms with Crippen LogP contribution in [-0.2, 0) is 12.6 Å². The van der Waals surface area contributed by atoms with Gasteiger partial charge in [-0.05, 0) is 24.1 Å². The van der Waals surface area contributed by atoms with Gasteiger partial charge in [0.1, 0.15) is 6.29 Å². The van der Waals surface area contributed by atoms with Gasteiger partial charge in [0.15, 0.2) is 0 Å².